The summed E-state index contributed by atoms with van der Waals surface area (Å²) < 4.78 is 5.01. The van der Waals surface area contributed by atoms with Gasteiger partial charge in [0.05, 0.1) is 12.7 Å². The van der Waals surface area contributed by atoms with Gasteiger partial charge in [0.25, 0.3) is 0 Å². The molecule has 0 aromatic carbocycles. The maximum Gasteiger partial charge on any atom is 0.323 e. The topological polar surface area (TPSA) is 58.6 Å². The molecule has 2 N–H and O–H groups in total. The van der Waals surface area contributed by atoms with Crippen molar-refractivity contribution in [3.63, 3.8) is 0 Å². The van der Waals surface area contributed by atoms with Crippen molar-refractivity contribution in [2.75, 3.05) is 13.2 Å². The molecule has 0 saturated heterocycles. The number of hydrogen-bond acceptors (Lipinski definition) is 4. The highest BCUT2D eigenvalue weighted by molar-refractivity contribution is 5.75. The number of hydrogen-bond donors (Lipinski definition) is 2. The molecule has 94 valence electrons. The minimum absolute atomic E-state index is 0.126. The molecule has 0 aliphatic heterocycles. The fourth-order valence-electron chi connectivity index (χ4n) is 2.01. The molecule has 0 heterocycles. The summed E-state index contributed by atoms with van der Waals surface area (Å²) >= 11 is 0. The van der Waals surface area contributed by atoms with Gasteiger partial charge in [0, 0.05) is 0 Å². The molecule has 0 bridgehead atoms. The zero-order valence-electron chi connectivity index (χ0n) is 10.2. The molecule has 1 atom stereocenters. The number of carbonyl (C=O) groups is 1. The third kappa shape index (κ3) is 4.10. The van der Waals surface area contributed by atoms with Crippen molar-refractivity contribution in [1.29, 1.82) is 0 Å². The standard InChI is InChI=1S/C12H23NO3/c1-3-5-11(12(15)16-4-2)13-8-9-6-10(14)7-9/h9-11,13-14H,3-8H2,1-2H3. The number of rotatable bonds is 7. The van der Waals surface area contributed by atoms with Gasteiger partial charge in [-0.1, -0.05) is 13.3 Å². The van der Waals surface area contributed by atoms with Crippen molar-refractivity contribution in [1.82, 2.24) is 5.32 Å². The summed E-state index contributed by atoms with van der Waals surface area (Å²) in [6.07, 6.45) is 3.36. The monoisotopic (exact) mass is 229 g/mol. The van der Waals surface area contributed by atoms with Crippen molar-refractivity contribution in [3.05, 3.63) is 0 Å². The largest absolute Gasteiger partial charge is 0.465 e. The molecular formula is C12H23NO3. The highest BCUT2D eigenvalue weighted by atomic mass is 16.5. The van der Waals surface area contributed by atoms with E-state index in [4.69, 9.17) is 9.84 Å². The first kappa shape index (κ1) is 13.5. The van der Waals surface area contributed by atoms with E-state index in [1.807, 2.05) is 6.92 Å². The van der Waals surface area contributed by atoms with E-state index < -0.39 is 0 Å². The van der Waals surface area contributed by atoms with Crippen molar-refractivity contribution in [2.24, 2.45) is 5.92 Å². The summed E-state index contributed by atoms with van der Waals surface area (Å²) in [6.45, 7) is 5.12. The molecule has 1 unspecified atom stereocenters. The second-order valence-electron chi connectivity index (χ2n) is 4.49. The van der Waals surface area contributed by atoms with Gasteiger partial charge >= 0.3 is 5.97 Å². The highest BCUT2D eigenvalue weighted by Crippen LogP contribution is 2.26. The first-order valence-corrected chi connectivity index (χ1v) is 6.25. The van der Waals surface area contributed by atoms with Gasteiger partial charge in [0.1, 0.15) is 6.04 Å². The van der Waals surface area contributed by atoms with Crippen molar-refractivity contribution in [2.45, 2.75) is 51.7 Å². The summed E-state index contributed by atoms with van der Waals surface area (Å²) in [5.41, 5.74) is 0. The predicted octanol–water partition coefficient (Wildman–Crippen LogP) is 1.08. The Bertz CT molecular complexity index is 214. The average Bonchev–Trinajstić information content (AvgIpc) is 2.21. The van der Waals surface area contributed by atoms with E-state index >= 15 is 0 Å². The van der Waals surface area contributed by atoms with Crippen LogP contribution in [0.25, 0.3) is 0 Å². The molecule has 0 aromatic rings. The van der Waals surface area contributed by atoms with Crippen molar-refractivity contribution in [3.8, 4) is 0 Å². The first-order valence-electron chi connectivity index (χ1n) is 6.25. The number of nitrogens with one attached hydrogen (secondary N) is 1. The molecule has 1 rings (SSSR count). The Balaban J connectivity index is 2.24. The third-order valence-electron chi connectivity index (χ3n) is 3.01. The molecule has 1 aliphatic carbocycles. The van der Waals surface area contributed by atoms with E-state index in [9.17, 15) is 4.79 Å². The number of esters is 1. The van der Waals surface area contributed by atoms with Crippen LogP contribution in [0, 0.1) is 5.92 Å². The maximum atomic E-state index is 11.6. The van der Waals surface area contributed by atoms with Crippen molar-refractivity contribution >= 4 is 5.97 Å². The minimum Gasteiger partial charge on any atom is -0.465 e. The van der Waals surface area contributed by atoms with E-state index in [0.717, 1.165) is 32.2 Å². The van der Waals surface area contributed by atoms with Crippen LogP contribution in [0.5, 0.6) is 0 Å². The van der Waals surface area contributed by atoms with E-state index in [0.29, 0.717) is 12.5 Å². The Kier molecular flexibility index (Phi) is 5.77. The average molecular weight is 229 g/mol. The number of ether oxygens (including phenoxy) is 1. The van der Waals surface area contributed by atoms with Crippen LogP contribution in [0.2, 0.25) is 0 Å². The van der Waals surface area contributed by atoms with Crippen LogP contribution in [0.4, 0.5) is 0 Å². The first-order chi connectivity index (χ1) is 7.67. The molecule has 0 spiro atoms. The lowest BCUT2D eigenvalue weighted by Crippen LogP contribution is -2.44. The van der Waals surface area contributed by atoms with E-state index in [2.05, 4.69) is 12.2 Å². The van der Waals surface area contributed by atoms with Crippen LogP contribution in [-0.4, -0.2) is 36.4 Å². The number of carbonyl (C=O) groups excluding carboxylic acids is 1. The molecule has 0 amide bonds. The molecule has 1 fully saturated rings. The van der Waals surface area contributed by atoms with Gasteiger partial charge in [-0.15, -0.1) is 0 Å². The van der Waals surface area contributed by atoms with Crippen LogP contribution in [0.1, 0.15) is 39.5 Å². The lowest BCUT2D eigenvalue weighted by molar-refractivity contribution is -0.146. The van der Waals surface area contributed by atoms with Gasteiger partial charge in [-0.3, -0.25) is 4.79 Å². The zero-order valence-corrected chi connectivity index (χ0v) is 10.2. The Labute approximate surface area is 97.4 Å². The van der Waals surface area contributed by atoms with Gasteiger partial charge in [-0.2, -0.15) is 0 Å². The van der Waals surface area contributed by atoms with Crippen LogP contribution < -0.4 is 5.32 Å². The summed E-state index contributed by atoms with van der Waals surface area (Å²) in [7, 11) is 0. The fourth-order valence-corrected chi connectivity index (χ4v) is 2.01. The molecule has 1 saturated carbocycles. The second-order valence-corrected chi connectivity index (χ2v) is 4.49. The molecule has 4 nitrogen and oxygen atoms in total. The number of aliphatic hydroxyl groups is 1. The second kappa shape index (κ2) is 6.86. The molecule has 4 heteroatoms. The smallest absolute Gasteiger partial charge is 0.323 e. The Hall–Kier alpha value is -0.610. The van der Waals surface area contributed by atoms with Gasteiger partial charge < -0.3 is 15.2 Å². The van der Waals surface area contributed by atoms with Gasteiger partial charge in [-0.05, 0) is 38.6 Å². The minimum atomic E-state index is -0.178. The van der Waals surface area contributed by atoms with Gasteiger partial charge in [-0.25, -0.2) is 0 Å². The lowest BCUT2D eigenvalue weighted by Gasteiger charge is -2.32. The number of aliphatic hydroxyl groups excluding tert-OH is 1. The van der Waals surface area contributed by atoms with Crippen LogP contribution in [0.3, 0.4) is 0 Å². The quantitative estimate of drug-likeness (QED) is 0.641. The van der Waals surface area contributed by atoms with Gasteiger partial charge in [0.2, 0.25) is 0 Å². The SMILES string of the molecule is CCCC(NCC1CC(O)C1)C(=O)OCC. The summed E-state index contributed by atoms with van der Waals surface area (Å²) in [5, 5.41) is 12.4. The normalized spacial score (nSPS) is 25.9. The van der Waals surface area contributed by atoms with Crippen LogP contribution in [0.15, 0.2) is 0 Å². The van der Waals surface area contributed by atoms with Crippen molar-refractivity contribution < 1.29 is 14.6 Å². The van der Waals surface area contributed by atoms with Crippen LogP contribution >= 0.6 is 0 Å². The summed E-state index contributed by atoms with van der Waals surface area (Å²) in [5.74, 6) is 0.369. The van der Waals surface area contributed by atoms with E-state index in [1.54, 1.807) is 0 Å². The highest BCUT2D eigenvalue weighted by Gasteiger charge is 2.28. The molecule has 0 radical (unpaired) electrons. The maximum absolute atomic E-state index is 11.6. The summed E-state index contributed by atoms with van der Waals surface area (Å²) in [4.78, 5) is 11.6. The lowest BCUT2D eigenvalue weighted by atomic mass is 9.82. The van der Waals surface area contributed by atoms with E-state index in [1.165, 1.54) is 0 Å². The Morgan fingerprint density at radius 3 is 2.69 bits per heavy atom. The molecule has 16 heavy (non-hydrogen) atoms. The predicted molar refractivity (Wildman–Crippen MR) is 62.1 cm³/mol. The fraction of sp³-hybridized carbons (Fsp3) is 0.917. The molecule has 0 aromatic heterocycles. The van der Waals surface area contributed by atoms with Crippen LogP contribution in [-0.2, 0) is 9.53 Å². The Morgan fingerprint density at radius 1 is 1.50 bits per heavy atom. The summed E-state index contributed by atoms with van der Waals surface area (Å²) in [6, 6.07) is -0.178. The third-order valence-corrected chi connectivity index (χ3v) is 3.01. The zero-order chi connectivity index (χ0) is 12.0. The van der Waals surface area contributed by atoms with Gasteiger partial charge in [0.15, 0.2) is 0 Å². The molecule has 1 aliphatic rings. The Morgan fingerprint density at radius 2 is 2.19 bits per heavy atom. The molecular weight excluding hydrogens is 206 g/mol. The van der Waals surface area contributed by atoms with E-state index in [-0.39, 0.29) is 18.1 Å².